The quantitative estimate of drug-likeness (QED) is 0.745. The second-order valence-corrected chi connectivity index (χ2v) is 3.82. The van der Waals surface area contributed by atoms with Gasteiger partial charge in [0, 0.05) is 6.07 Å². The number of nitrogen functional groups attached to an aromatic ring is 1. The van der Waals surface area contributed by atoms with Gasteiger partial charge in [-0.25, -0.2) is 13.6 Å². The summed E-state index contributed by atoms with van der Waals surface area (Å²) in [4.78, 5) is 11.1. The van der Waals surface area contributed by atoms with Crippen LogP contribution in [-0.2, 0) is 0 Å². The fourth-order valence-corrected chi connectivity index (χ4v) is 1.61. The number of carboxylic acids is 1. The molecule has 0 saturated carbocycles. The Morgan fingerprint density at radius 1 is 1.21 bits per heavy atom. The third kappa shape index (κ3) is 2.62. The Kier molecular flexibility index (Phi) is 3.33. The summed E-state index contributed by atoms with van der Waals surface area (Å²) in [6, 6.07) is 7.22. The first-order chi connectivity index (χ1) is 8.99. The summed E-state index contributed by atoms with van der Waals surface area (Å²) in [5, 5.41) is 11.6. The number of halogens is 2. The van der Waals surface area contributed by atoms with Crippen molar-refractivity contribution in [1.29, 1.82) is 0 Å². The number of carboxylic acid groups (broad SMARTS) is 1. The van der Waals surface area contributed by atoms with Crippen molar-refractivity contribution in [3.8, 4) is 0 Å². The van der Waals surface area contributed by atoms with Crippen LogP contribution < -0.4 is 11.1 Å². The predicted octanol–water partition coefficient (Wildman–Crippen LogP) is 2.99. The molecule has 2 rings (SSSR count). The van der Waals surface area contributed by atoms with Crippen molar-refractivity contribution in [1.82, 2.24) is 0 Å². The molecule has 2 aromatic rings. The molecule has 19 heavy (non-hydrogen) atoms. The highest BCUT2D eigenvalue weighted by Crippen LogP contribution is 2.28. The number of nitrogens with one attached hydrogen (secondary N) is 1. The van der Waals surface area contributed by atoms with Crippen molar-refractivity contribution in [3.63, 3.8) is 0 Å². The molecule has 6 heteroatoms. The van der Waals surface area contributed by atoms with Gasteiger partial charge in [0.2, 0.25) is 0 Å². The number of benzene rings is 2. The Morgan fingerprint density at radius 3 is 2.58 bits per heavy atom. The van der Waals surface area contributed by atoms with Gasteiger partial charge in [0.1, 0.15) is 11.6 Å². The minimum Gasteiger partial charge on any atom is -0.478 e. The molecule has 0 spiro atoms. The lowest BCUT2D eigenvalue weighted by Gasteiger charge is -2.12. The molecule has 4 nitrogen and oxygen atoms in total. The molecule has 98 valence electrons. The molecule has 0 amide bonds. The highest BCUT2D eigenvalue weighted by Gasteiger charge is 2.14. The third-order valence-corrected chi connectivity index (χ3v) is 2.52. The molecule has 0 aromatic heterocycles. The van der Waals surface area contributed by atoms with E-state index in [0.29, 0.717) is 6.07 Å². The average molecular weight is 264 g/mol. The molecular weight excluding hydrogens is 254 g/mol. The van der Waals surface area contributed by atoms with Gasteiger partial charge in [-0.3, -0.25) is 0 Å². The maximum absolute atomic E-state index is 13.5. The number of hydrogen-bond donors (Lipinski definition) is 3. The summed E-state index contributed by atoms with van der Waals surface area (Å²) in [6.07, 6.45) is 0. The number of carbonyl (C=O) groups is 1. The van der Waals surface area contributed by atoms with Crippen molar-refractivity contribution in [2.45, 2.75) is 0 Å². The van der Waals surface area contributed by atoms with E-state index in [1.54, 1.807) is 0 Å². The summed E-state index contributed by atoms with van der Waals surface area (Å²) < 4.78 is 26.3. The Morgan fingerprint density at radius 2 is 1.95 bits per heavy atom. The molecule has 2 aromatic carbocycles. The van der Waals surface area contributed by atoms with Gasteiger partial charge in [0.05, 0.1) is 22.6 Å². The number of aromatic carboxylic acids is 1. The Balaban J connectivity index is 2.46. The van der Waals surface area contributed by atoms with Gasteiger partial charge in [-0.15, -0.1) is 0 Å². The number of hydrogen-bond acceptors (Lipinski definition) is 3. The lowest BCUT2D eigenvalue weighted by atomic mass is 10.1. The highest BCUT2D eigenvalue weighted by atomic mass is 19.1. The fraction of sp³-hybridized carbons (Fsp3) is 0. The summed E-state index contributed by atoms with van der Waals surface area (Å²) in [5.41, 5.74) is 5.74. The minimum absolute atomic E-state index is 0.0539. The van der Waals surface area contributed by atoms with Crippen LogP contribution in [0, 0.1) is 11.6 Å². The van der Waals surface area contributed by atoms with Crippen molar-refractivity contribution in [2.24, 2.45) is 0 Å². The van der Waals surface area contributed by atoms with Gasteiger partial charge < -0.3 is 16.2 Å². The molecule has 0 saturated heterocycles. The van der Waals surface area contributed by atoms with Crippen molar-refractivity contribution >= 4 is 23.0 Å². The Hall–Kier alpha value is -2.63. The van der Waals surface area contributed by atoms with Gasteiger partial charge in [-0.05, 0) is 24.3 Å². The largest absolute Gasteiger partial charge is 0.478 e. The van der Waals surface area contributed by atoms with Gasteiger partial charge in [0.15, 0.2) is 0 Å². The zero-order chi connectivity index (χ0) is 14.0. The van der Waals surface area contributed by atoms with Crippen LogP contribution in [0.25, 0.3) is 0 Å². The first-order valence-electron chi connectivity index (χ1n) is 5.33. The molecular formula is C13H10F2N2O2. The van der Waals surface area contributed by atoms with Gasteiger partial charge >= 0.3 is 5.97 Å². The van der Waals surface area contributed by atoms with E-state index in [9.17, 15) is 13.6 Å². The van der Waals surface area contributed by atoms with E-state index < -0.39 is 17.6 Å². The normalized spacial score (nSPS) is 10.2. The molecule has 4 N–H and O–H groups in total. The maximum Gasteiger partial charge on any atom is 0.337 e. The van der Waals surface area contributed by atoms with Crippen molar-refractivity contribution in [3.05, 3.63) is 53.6 Å². The zero-order valence-corrected chi connectivity index (χ0v) is 9.65. The van der Waals surface area contributed by atoms with Crippen molar-refractivity contribution in [2.75, 3.05) is 11.1 Å². The zero-order valence-electron chi connectivity index (χ0n) is 9.65. The van der Waals surface area contributed by atoms with Crippen LogP contribution in [0.1, 0.15) is 10.4 Å². The summed E-state index contributed by atoms with van der Waals surface area (Å²) in [7, 11) is 0. The monoisotopic (exact) mass is 264 g/mol. The first kappa shape index (κ1) is 12.8. The maximum atomic E-state index is 13.5. The van der Waals surface area contributed by atoms with Gasteiger partial charge in [-0.2, -0.15) is 0 Å². The SMILES string of the molecule is Nc1cccc(C(=O)O)c1Nc1ccc(F)cc1F. The molecule has 0 radical (unpaired) electrons. The molecule has 0 unspecified atom stereocenters. The predicted molar refractivity (Wildman–Crippen MR) is 67.5 cm³/mol. The number of rotatable bonds is 3. The van der Waals surface area contributed by atoms with E-state index in [4.69, 9.17) is 10.8 Å². The van der Waals surface area contributed by atoms with Crippen LogP contribution in [-0.4, -0.2) is 11.1 Å². The molecule has 0 atom stereocenters. The summed E-state index contributed by atoms with van der Waals surface area (Å²) in [6.45, 7) is 0. The standard InChI is InChI=1S/C13H10F2N2O2/c14-7-4-5-11(9(15)6-7)17-12-8(13(18)19)2-1-3-10(12)16/h1-6,17H,16H2,(H,18,19). The van der Waals surface area contributed by atoms with Crippen LogP contribution in [0.3, 0.4) is 0 Å². The van der Waals surface area contributed by atoms with E-state index in [1.165, 1.54) is 24.3 Å². The summed E-state index contributed by atoms with van der Waals surface area (Å²) >= 11 is 0. The smallest absolute Gasteiger partial charge is 0.337 e. The molecule has 0 heterocycles. The number of para-hydroxylation sites is 1. The Labute approximate surface area is 107 Å². The van der Waals surface area contributed by atoms with Crippen LogP contribution in [0.2, 0.25) is 0 Å². The first-order valence-corrected chi connectivity index (χ1v) is 5.33. The molecule has 0 aliphatic rings. The minimum atomic E-state index is -1.20. The van der Waals surface area contributed by atoms with Crippen LogP contribution in [0.5, 0.6) is 0 Å². The van der Waals surface area contributed by atoms with E-state index >= 15 is 0 Å². The lowest BCUT2D eigenvalue weighted by Crippen LogP contribution is -2.06. The molecule has 0 aliphatic heterocycles. The lowest BCUT2D eigenvalue weighted by molar-refractivity contribution is 0.0698. The van der Waals surface area contributed by atoms with Crippen LogP contribution >= 0.6 is 0 Å². The second kappa shape index (κ2) is 4.93. The topological polar surface area (TPSA) is 75.4 Å². The molecule has 0 bridgehead atoms. The molecule has 0 fully saturated rings. The van der Waals surface area contributed by atoms with Crippen LogP contribution in [0.15, 0.2) is 36.4 Å². The van der Waals surface area contributed by atoms with Gasteiger partial charge in [0.25, 0.3) is 0 Å². The van der Waals surface area contributed by atoms with E-state index in [1.807, 2.05) is 0 Å². The van der Waals surface area contributed by atoms with Crippen molar-refractivity contribution < 1.29 is 18.7 Å². The number of nitrogens with two attached hydrogens (primary N) is 1. The number of anilines is 3. The Bertz CT molecular complexity index is 645. The van der Waals surface area contributed by atoms with E-state index in [-0.39, 0.29) is 22.6 Å². The van der Waals surface area contributed by atoms with E-state index in [2.05, 4.69) is 5.32 Å². The highest BCUT2D eigenvalue weighted by molar-refractivity contribution is 5.98. The van der Waals surface area contributed by atoms with Crippen LogP contribution in [0.4, 0.5) is 25.8 Å². The molecule has 0 aliphatic carbocycles. The fourth-order valence-electron chi connectivity index (χ4n) is 1.61. The average Bonchev–Trinajstić information content (AvgIpc) is 2.34. The second-order valence-electron chi connectivity index (χ2n) is 3.82. The van der Waals surface area contributed by atoms with E-state index in [0.717, 1.165) is 6.07 Å². The summed E-state index contributed by atoms with van der Waals surface area (Å²) in [5.74, 6) is -2.75. The van der Waals surface area contributed by atoms with Gasteiger partial charge in [-0.1, -0.05) is 6.07 Å². The third-order valence-electron chi connectivity index (χ3n) is 2.52.